The van der Waals surface area contributed by atoms with Crippen LogP contribution in [0.1, 0.15) is 16.7 Å². The molecule has 36 heavy (non-hydrogen) atoms. The van der Waals surface area contributed by atoms with E-state index in [1.165, 1.54) is 18.6 Å². The molecule has 0 saturated carbocycles. The molecule has 4 aromatic rings. The highest BCUT2D eigenvalue weighted by atomic mass is 79.9. The van der Waals surface area contributed by atoms with Gasteiger partial charge in [-0.2, -0.15) is 5.26 Å². The fourth-order valence-electron chi connectivity index (χ4n) is 3.70. The SMILES string of the molecule is COc1cc(/C=C(\C#N)C(=O)Nc2cccc(Cl)c2C)cc(Br)c1OCc1ccc2ccccc2c1. The van der Waals surface area contributed by atoms with Crippen LogP contribution >= 0.6 is 27.5 Å². The molecule has 7 heteroatoms. The summed E-state index contributed by atoms with van der Waals surface area (Å²) in [5.74, 6) is 0.467. The van der Waals surface area contributed by atoms with E-state index in [2.05, 4.69) is 45.5 Å². The number of nitrogens with zero attached hydrogens (tertiary/aromatic N) is 1. The number of nitrogens with one attached hydrogen (secondary N) is 1. The first kappa shape index (κ1) is 25.3. The van der Waals surface area contributed by atoms with Gasteiger partial charge in [-0.1, -0.05) is 54.1 Å². The Kier molecular flexibility index (Phi) is 7.94. The molecule has 0 aromatic heterocycles. The zero-order valence-corrected chi connectivity index (χ0v) is 22.0. The monoisotopic (exact) mass is 560 g/mol. The number of fused-ring (bicyclic) bond motifs is 1. The van der Waals surface area contributed by atoms with Gasteiger partial charge in [-0.3, -0.25) is 4.79 Å². The molecule has 0 unspecified atom stereocenters. The number of carbonyl (C=O) groups excluding carboxylic acids is 1. The molecule has 0 aliphatic heterocycles. The number of nitriles is 1. The van der Waals surface area contributed by atoms with Gasteiger partial charge in [-0.25, -0.2) is 0 Å². The summed E-state index contributed by atoms with van der Waals surface area (Å²) < 4.78 is 12.3. The number of carbonyl (C=O) groups is 1. The lowest BCUT2D eigenvalue weighted by Crippen LogP contribution is -2.14. The van der Waals surface area contributed by atoms with E-state index in [-0.39, 0.29) is 5.57 Å². The predicted octanol–water partition coefficient (Wildman–Crippen LogP) is 7.70. The molecule has 4 aromatic carbocycles. The van der Waals surface area contributed by atoms with E-state index in [1.807, 2.05) is 24.3 Å². The maximum absolute atomic E-state index is 12.8. The van der Waals surface area contributed by atoms with Crippen LogP contribution in [0.15, 0.2) is 82.8 Å². The lowest BCUT2D eigenvalue weighted by molar-refractivity contribution is -0.112. The number of methoxy groups -OCH3 is 1. The fraction of sp³-hybridized carbons (Fsp3) is 0.103. The van der Waals surface area contributed by atoms with Crippen LogP contribution in [0.2, 0.25) is 5.02 Å². The van der Waals surface area contributed by atoms with E-state index < -0.39 is 5.91 Å². The van der Waals surface area contributed by atoms with E-state index in [0.717, 1.165) is 16.5 Å². The van der Waals surface area contributed by atoms with Crippen LogP contribution < -0.4 is 14.8 Å². The highest BCUT2D eigenvalue weighted by molar-refractivity contribution is 9.10. The molecule has 0 bridgehead atoms. The van der Waals surface area contributed by atoms with Crippen molar-refractivity contribution >= 4 is 56.0 Å². The molecule has 0 aliphatic rings. The number of ether oxygens (including phenoxy) is 2. The molecule has 180 valence electrons. The number of benzene rings is 4. The second kappa shape index (κ2) is 11.3. The van der Waals surface area contributed by atoms with Crippen molar-refractivity contribution in [2.75, 3.05) is 12.4 Å². The lowest BCUT2D eigenvalue weighted by Gasteiger charge is -2.14. The van der Waals surface area contributed by atoms with Crippen molar-refractivity contribution < 1.29 is 14.3 Å². The minimum Gasteiger partial charge on any atom is -0.493 e. The zero-order chi connectivity index (χ0) is 25.7. The van der Waals surface area contributed by atoms with E-state index in [0.29, 0.717) is 38.9 Å². The van der Waals surface area contributed by atoms with Gasteiger partial charge in [0, 0.05) is 10.7 Å². The molecule has 0 spiro atoms. The van der Waals surface area contributed by atoms with Crippen LogP contribution in [-0.4, -0.2) is 13.0 Å². The standard InChI is InChI=1S/C29H22BrClN2O3/c1-18-25(31)8-5-9-26(18)33-29(34)23(16-32)13-20-14-24(30)28(27(15-20)35-2)36-17-19-10-11-21-6-3-4-7-22(21)12-19/h3-15H,17H2,1-2H3,(H,33,34)/b23-13+. The Bertz CT molecular complexity index is 1530. The normalized spacial score (nSPS) is 11.1. The van der Waals surface area contributed by atoms with Crippen LogP contribution in [0.5, 0.6) is 11.5 Å². The van der Waals surface area contributed by atoms with Crippen molar-refractivity contribution in [2.45, 2.75) is 13.5 Å². The van der Waals surface area contributed by atoms with Crippen molar-refractivity contribution in [3.63, 3.8) is 0 Å². The average Bonchev–Trinajstić information content (AvgIpc) is 2.88. The number of hydrogen-bond donors (Lipinski definition) is 1. The van der Waals surface area contributed by atoms with Gasteiger partial charge in [0.2, 0.25) is 0 Å². The van der Waals surface area contributed by atoms with Crippen LogP contribution in [0, 0.1) is 18.3 Å². The maximum atomic E-state index is 12.8. The Morgan fingerprint density at radius 3 is 2.61 bits per heavy atom. The third-order valence-electron chi connectivity index (χ3n) is 5.64. The topological polar surface area (TPSA) is 71.3 Å². The Morgan fingerprint density at radius 1 is 1.08 bits per heavy atom. The number of hydrogen-bond acceptors (Lipinski definition) is 4. The summed E-state index contributed by atoms with van der Waals surface area (Å²) in [5, 5.41) is 15.2. The van der Waals surface area contributed by atoms with Crippen LogP contribution in [0.3, 0.4) is 0 Å². The second-order valence-electron chi connectivity index (χ2n) is 8.04. The molecular weight excluding hydrogens is 540 g/mol. The Hall–Kier alpha value is -3.79. The summed E-state index contributed by atoms with van der Waals surface area (Å²) in [6, 6.07) is 25.0. The van der Waals surface area contributed by atoms with Gasteiger partial charge >= 0.3 is 0 Å². The van der Waals surface area contributed by atoms with Gasteiger partial charge in [0.15, 0.2) is 11.5 Å². The zero-order valence-electron chi connectivity index (χ0n) is 19.6. The van der Waals surface area contributed by atoms with Crippen LogP contribution in [0.25, 0.3) is 16.8 Å². The molecule has 0 atom stereocenters. The molecule has 1 N–H and O–H groups in total. The smallest absolute Gasteiger partial charge is 0.266 e. The summed E-state index contributed by atoms with van der Waals surface area (Å²) >= 11 is 9.67. The van der Waals surface area contributed by atoms with Crippen LogP contribution in [-0.2, 0) is 11.4 Å². The van der Waals surface area contributed by atoms with E-state index in [9.17, 15) is 10.1 Å². The van der Waals surface area contributed by atoms with Gasteiger partial charge in [0.25, 0.3) is 5.91 Å². The molecule has 0 saturated heterocycles. The molecule has 4 rings (SSSR count). The Balaban J connectivity index is 1.55. The van der Waals surface area contributed by atoms with Crippen LogP contribution in [0.4, 0.5) is 5.69 Å². The summed E-state index contributed by atoms with van der Waals surface area (Å²) in [6.07, 6.45) is 1.50. The van der Waals surface area contributed by atoms with Crippen molar-refractivity contribution in [1.29, 1.82) is 5.26 Å². The highest BCUT2D eigenvalue weighted by Gasteiger charge is 2.15. The largest absolute Gasteiger partial charge is 0.493 e. The van der Waals surface area contributed by atoms with E-state index in [4.69, 9.17) is 21.1 Å². The molecule has 0 radical (unpaired) electrons. The average molecular weight is 562 g/mol. The van der Waals surface area contributed by atoms with Gasteiger partial charge in [-0.05, 0) is 86.7 Å². The summed E-state index contributed by atoms with van der Waals surface area (Å²) in [5.41, 5.74) is 2.83. The summed E-state index contributed by atoms with van der Waals surface area (Å²) in [7, 11) is 1.54. The minimum atomic E-state index is -0.533. The van der Waals surface area contributed by atoms with Crippen molar-refractivity contribution in [2.24, 2.45) is 0 Å². The van der Waals surface area contributed by atoms with Crippen molar-refractivity contribution in [3.8, 4) is 17.6 Å². The maximum Gasteiger partial charge on any atom is 0.266 e. The summed E-state index contributed by atoms with van der Waals surface area (Å²) in [6.45, 7) is 2.14. The quantitative estimate of drug-likeness (QED) is 0.185. The minimum absolute atomic E-state index is 0.0619. The van der Waals surface area contributed by atoms with Gasteiger partial charge in [0.05, 0.1) is 11.6 Å². The number of anilines is 1. The third-order valence-corrected chi connectivity index (χ3v) is 6.64. The number of amides is 1. The van der Waals surface area contributed by atoms with Crippen molar-refractivity contribution in [1.82, 2.24) is 0 Å². The van der Waals surface area contributed by atoms with E-state index in [1.54, 1.807) is 37.3 Å². The molecule has 0 fully saturated rings. The Morgan fingerprint density at radius 2 is 1.86 bits per heavy atom. The van der Waals surface area contributed by atoms with E-state index >= 15 is 0 Å². The van der Waals surface area contributed by atoms with Gasteiger partial charge < -0.3 is 14.8 Å². The van der Waals surface area contributed by atoms with Gasteiger partial charge in [-0.15, -0.1) is 0 Å². The fourth-order valence-corrected chi connectivity index (χ4v) is 4.44. The molecular formula is C29H22BrClN2O3. The Labute approximate surface area is 223 Å². The first-order valence-electron chi connectivity index (χ1n) is 11.1. The lowest BCUT2D eigenvalue weighted by atomic mass is 10.1. The number of rotatable bonds is 7. The molecule has 5 nitrogen and oxygen atoms in total. The third kappa shape index (κ3) is 5.71. The first-order valence-corrected chi connectivity index (χ1v) is 12.2. The molecule has 1 amide bonds. The number of halogens is 2. The highest BCUT2D eigenvalue weighted by Crippen LogP contribution is 2.38. The first-order chi connectivity index (χ1) is 17.4. The molecule has 0 aliphatic carbocycles. The van der Waals surface area contributed by atoms with Crippen molar-refractivity contribution in [3.05, 3.63) is 105 Å². The summed E-state index contributed by atoms with van der Waals surface area (Å²) in [4.78, 5) is 12.8. The second-order valence-corrected chi connectivity index (χ2v) is 9.30. The van der Waals surface area contributed by atoms with Gasteiger partial charge in [0.1, 0.15) is 18.2 Å². The predicted molar refractivity (Wildman–Crippen MR) is 147 cm³/mol. The molecule has 0 heterocycles.